The van der Waals surface area contributed by atoms with Crippen LogP contribution in [0.1, 0.15) is 90.4 Å². The van der Waals surface area contributed by atoms with Gasteiger partial charge in [-0.05, 0) is 108 Å². The third-order valence-corrected chi connectivity index (χ3v) is 8.79. The van der Waals surface area contributed by atoms with E-state index in [1.165, 1.54) is 25.1 Å². The maximum Gasteiger partial charge on any atom is 0.343 e. The molecule has 2 unspecified atom stereocenters. The van der Waals surface area contributed by atoms with Crippen molar-refractivity contribution in [3.8, 4) is 23.0 Å². The van der Waals surface area contributed by atoms with Crippen molar-refractivity contribution in [1.29, 1.82) is 0 Å². The van der Waals surface area contributed by atoms with Gasteiger partial charge in [-0.1, -0.05) is 64.1 Å². The molecule has 294 valence electrons. The number of benzene rings is 5. The predicted octanol–water partition coefficient (Wildman–Crippen LogP) is 9.88. The van der Waals surface area contributed by atoms with Crippen molar-refractivity contribution in [1.82, 2.24) is 0 Å². The number of hydrogen-bond donors (Lipinski definition) is 0. The Morgan fingerprint density at radius 3 is 1.46 bits per heavy atom. The molecule has 57 heavy (non-hydrogen) atoms. The number of esters is 4. The second-order valence-electron chi connectivity index (χ2n) is 13.1. The van der Waals surface area contributed by atoms with Crippen LogP contribution in [0.5, 0.6) is 23.0 Å². The largest absolute Gasteiger partial charge is 0.455 e. The third kappa shape index (κ3) is 11.4. The molecule has 2 atom stereocenters. The molecule has 0 saturated carbocycles. The van der Waals surface area contributed by atoms with Crippen LogP contribution in [0, 0.1) is 0 Å². The van der Waals surface area contributed by atoms with E-state index in [9.17, 15) is 24.0 Å². The van der Waals surface area contributed by atoms with Crippen LogP contribution in [0.15, 0.2) is 116 Å². The van der Waals surface area contributed by atoms with Crippen molar-refractivity contribution < 1.29 is 52.4 Å². The number of carbonyl (C=O) groups is 5. The third-order valence-electron chi connectivity index (χ3n) is 8.79. The highest BCUT2D eigenvalue weighted by Gasteiger charge is 2.20. The van der Waals surface area contributed by atoms with Crippen molar-refractivity contribution in [3.05, 3.63) is 133 Å². The van der Waals surface area contributed by atoms with Crippen LogP contribution in [0.4, 0.5) is 0 Å². The van der Waals surface area contributed by atoms with E-state index in [0.717, 1.165) is 59.4 Å². The van der Waals surface area contributed by atoms with Crippen molar-refractivity contribution >= 4 is 51.2 Å². The molecular weight excluding hydrogens is 728 g/mol. The lowest BCUT2D eigenvalue weighted by atomic mass is 10.1. The predicted molar refractivity (Wildman–Crippen MR) is 215 cm³/mol. The minimum atomic E-state index is -0.769. The highest BCUT2D eigenvalue weighted by atomic mass is 16.7. The van der Waals surface area contributed by atoms with Gasteiger partial charge in [0.05, 0.1) is 16.7 Å². The molecule has 0 aliphatic rings. The molecular formula is C46H44O11. The summed E-state index contributed by atoms with van der Waals surface area (Å²) in [6.45, 7) is 12.2. The Morgan fingerprint density at radius 2 is 1.00 bits per heavy atom. The Kier molecular flexibility index (Phi) is 14.3. The van der Waals surface area contributed by atoms with E-state index in [-0.39, 0.29) is 28.2 Å². The summed E-state index contributed by atoms with van der Waals surface area (Å²) in [4.78, 5) is 62.7. The summed E-state index contributed by atoms with van der Waals surface area (Å²) in [6.07, 6.45) is 5.11. The summed E-state index contributed by atoms with van der Waals surface area (Å²) in [5, 5.41) is 3.02. The molecule has 0 radical (unpaired) electrons. The molecule has 0 aliphatic carbocycles. The molecule has 0 fully saturated rings. The van der Waals surface area contributed by atoms with Gasteiger partial charge in [-0.3, -0.25) is 4.79 Å². The van der Waals surface area contributed by atoms with Crippen LogP contribution in [0.2, 0.25) is 0 Å². The van der Waals surface area contributed by atoms with Crippen molar-refractivity contribution in [2.75, 3.05) is 0 Å². The van der Waals surface area contributed by atoms with Gasteiger partial charge >= 0.3 is 23.9 Å². The molecule has 0 heterocycles. The molecule has 11 nitrogen and oxygen atoms in total. The summed E-state index contributed by atoms with van der Waals surface area (Å²) >= 11 is 0. The normalized spacial score (nSPS) is 11.8. The molecule has 0 bridgehead atoms. The van der Waals surface area contributed by atoms with Gasteiger partial charge in [0.15, 0.2) is 5.78 Å². The number of unbranched alkanes of at least 4 members (excludes halogenated alkanes) is 2. The van der Waals surface area contributed by atoms with E-state index in [0.29, 0.717) is 24.3 Å². The molecule has 0 aliphatic heterocycles. The number of rotatable bonds is 19. The zero-order chi connectivity index (χ0) is 40.9. The SMILES string of the molecule is C=CC(=O)OC(CCCC)Oc1ccc2cc(C(=O)Oc3ccc(OC(=O)c4ccc5cc(OC(CCCC)OC(=O)C=C)ccc5c4)c(C(C)=O)c3)ccc2c1. The van der Waals surface area contributed by atoms with E-state index in [4.69, 9.17) is 28.4 Å². The van der Waals surface area contributed by atoms with Crippen LogP contribution in [-0.2, 0) is 19.1 Å². The maximum absolute atomic E-state index is 13.3. The fourth-order valence-electron chi connectivity index (χ4n) is 5.79. The van der Waals surface area contributed by atoms with E-state index in [1.807, 2.05) is 13.8 Å². The quantitative estimate of drug-likeness (QED) is 0.0260. The molecule has 0 saturated heterocycles. The van der Waals surface area contributed by atoms with Crippen LogP contribution in [-0.4, -0.2) is 42.2 Å². The standard InChI is InChI=1S/C46H44O11/c1-6-10-12-43(56-41(48)8-3)52-36-20-18-30-24-34(16-14-32(30)26-36)45(50)54-38-22-23-40(39(28-38)29(5)47)55-46(51)35-17-15-33-27-37(21-19-31(33)25-35)53-44(13-11-7-2)57-42(49)9-4/h8-9,14-28,43-44H,3-4,6-7,10-13H2,1-2,5H3. The Bertz CT molecular complexity index is 2310. The monoisotopic (exact) mass is 772 g/mol. The number of carbonyl (C=O) groups excluding carboxylic acids is 5. The first kappa shape index (κ1) is 41.4. The Hall–Kier alpha value is -6.75. The average molecular weight is 773 g/mol. The van der Waals surface area contributed by atoms with Crippen LogP contribution in [0.3, 0.4) is 0 Å². The average Bonchev–Trinajstić information content (AvgIpc) is 3.21. The molecule has 5 aromatic rings. The Labute approximate surface area is 330 Å². The maximum atomic E-state index is 13.3. The molecule has 0 amide bonds. The van der Waals surface area contributed by atoms with Crippen LogP contribution < -0.4 is 18.9 Å². The fraction of sp³-hybridized carbons (Fsp3) is 0.239. The highest BCUT2D eigenvalue weighted by molar-refractivity contribution is 6.01. The number of ketones is 1. The zero-order valence-corrected chi connectivity index (χ0v) is 32.1. The first-order valence-electron chi connectivity index (χ1n) is 18.7. The summed E-state index contributed by atoms with van der Waals surface area (Å²) < 4.78 is 33.8. The molecule has 11 heteroatoms. The Morgan fingerprint density at radius 1 is 0.561 bits per heavy atom. The minimum Gasteiger partial charge on any atom is -0.455 e. The highest BCUT2D eigenvalue weighted by Crippen LogP contribution is 2.29. The lowest BCUT2D eigenvalue weighted by Crippen LogP contribution is -2.23. The first-order valence-corrected chi connectivity index (χ1v) is 18.7. The zero-order valence-electron chi connectivity index (χ0n) is 32.1. The van der Waals surface area contributed by atoms with Gasteiger partial charge in [-0.2, -0.15) is 0 Å². The molecule has 0 aromatic heterocycles. The van der Waals surface area contributed by atoms with Crippen LogP contribution >= 0.6 is 0 Å². The van der Waals surface area contributed by atoms with Crippen molar-refractivity contribution in [2.45, 2.75) is 71.9 Å². The fourth-order valence-corrected chi connectivity index (χ4v) is 5.79. The first-order chi connectivity index (χ1) is 27.5. The van der Waals surface area contributed by atoms with Gasteiger partial charge < -0.3 is 28.4 Å². The van der Waals surface area contributed by atoms with Crippen molar-refractivity contribution in [3.63, 3.8) is 0 Å². The summed E-state index contributed by atoms with van der Waals surface area (Å²) in [5.74, 6) is -1.83. The van der Waals surface area contributed by atoms with Gasteiger partial charge in [-0.25, -0.2) is 19.2 Å². The van der Waals surface area contributed by atoms with E-state index in [2.05, 4.69) is 13.2 Å². The molecule has 0 N–H and O–H groups in total. The van der Waals surface area contributed by atoms with Crippen molar-refractivity contribution in [2.24, 2.45) is 0 Å². The number of Topliss-reactive ketones (excluding diaryl/α,β-unsaturated/α-hetero) is 1. The van der Waals surface area contributed by atoms with Gasteiger partial charge in [0, 0.05) is 25.0 Å². The lowest BCUT2D eigenvalue weighted by Gasteiger charge is -2.19. The topological polar surface area (TPSA) is 141 Å². The summed E-state index contributed by atoms with van der Waals surface area (Å²) in [7, 11) is 0. The summed E-state index contributed by atoms with van der Waals surface area (Å²) in [5.41, 5.74) is 0.552. The van der Waals surface area contributed by atoms with Gasteiger partial charge in [0.25, 0.3) is 0 Å². The second kappa shape index (κ2) is 19.7. The molecule has 5 aromatic carbocycles. The number of ether oxygens (including phenoxy) is 6. The molecule has 5 rings (SSSR count). The van der Waals surface area contributed by atoms with Gasteiger partial charge in [0.2, 0.25) is 12.6 Å². The smallest absolute Gasteiger partial charge is 0.343 e. The van der Waals surface area contributed by atoms with Crippen LogP contribution in [0.25, 0.3) is 21.5 Å². The van der Waals surface area contributed by atoms with E-state index < -0.39 is 42.2 Å². The van der Waals surface area contributed by atoms with E-state index >= 15 is 0 Å². The molecule has 0 spiro atoms. The number of hydrogen-bond acceptors (Lipinski definition) is 11. The number of fused-ring (bicyclic) bond motifs is 2. The summed E-state index contributed by atoms with van der Waals surface area (Å²) in [6, 6.07) is 24.7. The second-order valence-corrected chi connectivity index (χ2v) is 13.1. The van der Waals surface area contributed by atoms with Gasteiger partial charge in [0.1, 0.15) is 23.0 Å². The minimum absolute atomic E-state index is 0.00301. The lowest BCUT2D eigenvalue weighted by molar-refractivity contribution is -0.159. The van der Waals surface area contributed by atoms with Gasteiger partial charge in [-0.15, -0.1) is 0 Å². The Balaban J connectivity index is 1.25. The van der Waals surface area contributed by atoms with E-state index in [1.54, 1.807) is 72.8 Å².